The van der Waals surface area contributed by atoms with E-state index in [1.54, 1.807) is 0 Å². The molecular formula is C15H12N2. The number of aromatic amines is 1. The molecule has 3 rings (SSSR count). The van der Waals surface area contributed by atoms with Gasteiger partial charge in [0.15, 0.2) is 0 Å². The van der Waals surface area contributed by atoms with Crippen molar-refractivity contribution in [3.05, 3.63) is 48.0 Å². The number of rotatable bonds is 0. The summed E-state index contributed by atoms with van der Waals surface area (Å²) in [6, 6.07) is 14.5. The van der Waals surface area contributed by atoms with E-state index in [0.29, 0.717) is 6.54 Å². The van der Waals surface area contributed by atoms with E-state index in [0.717, 1.165) is 16.6 Å². The van der Waals surface area contributed by atoms with E-state index >= 15 is 0 Å². The van der Waals surface area contributed by atoms with Gasteiger partial charge in [0, 0.05) is 27.4 Å². The Morgan fingerprint density at radius 1 is 1.00 bits per heavy atom. The van der Waals surface area contributed by atoms with Gasteiger partial charge in [0.25, 0.3) is 0 Å². The van der Waals surface area contributed by atoms with Gasteiger partial charge < -0.3 is 10.7 Å². The van der Waals surface area contributed by atoms with Crippen LogP contribution in [0.1, 0.15) is 5.56 Å². The number of H-pyrrole nitrogens is 1. The van der Waals surface area contributed by atoms with Crippen LogP contribution < -0.4 is 5.73 Å². The molecule has 2 aromatic carbocycles. The molecule has 3 N–H and O–H groups in total. The maximum absolute atomic E-state index is 5.37. The van der Waals surface area contributed by atoms with E-state index in [1.165, 1.54) is 10.8 Å². The Balaban J connectivity index is 2.26. The first-order valence-corrected chi connectivity index (χ1v) is 5.58. The first-order valence-electron chi connectivity index (χ1n) is 5.58. The SMILES string of the molecule is NCC#Cc1ccc2c(c1)[nH]c1ccccc12. The van der Waals surface area contributed by atoms with Gasteiger partial charge in [0.05, 0.1) is 6.54 Å². The molecule has 1 heterocycles. The fourth-order valence-electron chi connectivity index (χ4n) is 2.09. The smallest absolute Gasteiger partial charge is 0.0555 e. The molecule has 0 aliphatic heterocycles. The molecule has 0 aliphatic carbocycles. The maximum atomic E-state index is 5.37. The zero-order chi connectivity index (χ0) is 11.7. The standard InChI is InChI=1S/C15H12N2/c16-9-3-4-11-7-8-13-12-5-1-2-6-14(12)17-15(13)10-11/h1-2,5-8,10,17H,9,16H2. The van der Waals surface area contributed by atoms with Crippen molar-refractivity contribution in [3.63, 3.8) is 0 Å². The molecule has 2 heteroatoms. The van der Waals surface area contributed by atoms with Crippen molar-refractivity contribution < 1.29 is 0 Å². The normalized spacial score (nSPS) is 10.4. The molecular weight excluding hydrogens is 208 g/mol. The zero-order valence-corrected chi connectivity index (χ0v) is 9.33. The summed E-state index contributed by atoms with van der Waals surface area (Å²) in [6.07, 6.45) is 0. The zero-order valence-electron chi connectivity index (χ0n) is 9.33. The minimum Gasteiger partial charge on any atom is -0.354 e. The molecule has 0 spiro atoms. The summed E-state index contributed by atoms with van der Waals surface area (Å²) < 4.78 is 0. The van der Waals surface area contributed by atoms with Crippen molar-refractivity contribution in [3.8, 4) is 11.8 Å². The van der Waals surface area contributed by atoms with Crippen molar-refractivity contribution in [1.82, 2.24) is 4.98 Å². The van der Waals surface area contributed by atoms with E-state index in [2.05, 4.69) is 47.2 Å². The van der Waals surface area contributed by atoms with Crippen LogP contribution in [0, 0.1) is 11.8 Å². The average Bonchev–Trinajstić information content (AvgIpc) is 2.74. The van der Waals surface area contributed by atoms with Crippen LogP contribution in [0.15, 0.2) is 42.5 Å². The molecule has 0 saturated heterocycles. The maximum Gasteiger partial charge on any atom is 0.0555 e. The molecule has 0 bridgehead atoms. The van der Waals surface area contributed by atoms with E-state index in [4.69, 9.17) is 5.73 Å². The van der Waals surface area contributed by atoms with Crippen molar-refractivity contribution in [2.24, 2.45) is 5.73 Å². The number of para-hydroxylation sites is 1. The van der Waals surface area contributed by atoms with Gasteiger partial charge in [-0.3, -0.25) is 0 Å². The lowest BCUT2D eigenvalue weighted by molar-refractivity contribution is 1.30. The van der Waals surface area contributed by atoms with E-state index in [1.807, 2.05) is 12.1 Å². The number of aromatic nitrogens is 1. The van der Waals surface area contributed by atoms with Crippen molar-refractivity contribution in [2.45, 2.75) is 0 Å². The Morgan fingerprint density at radius 2 is 1.82 bits per heavy atom. The predicted octanol–water partition coefficient (Wildman–Crippen LogP) is 2.63. The van der Waals surface area contributed by atoms with Gasteiger partial charge in [-0.1, -0.05) is 36.1 Å². The van der Waals surface area contributed by atoms with Crippen molar-refractivity contribution in [1.29, 1.82) is 0 Å². The first kappa shape index (κ1) is 9.95. The molecule has 0 unspecified atom stereocenters. The van der Waals surface area contributed by atoms with Crippen molar-refractivity contribution >= 4 is 21.8 Å². The second-order valence-corrected chi connectivity index (χ2v) is 3.94. The quantitative estimate of drug-likeness (QED) is 0.562. The molecule has 17 heavy (non-hydrogen) atoms. The fourth-order valence-corrected chi connectivity index (χ4v) is 2.09. The Hall–Kier alpha value is -2.24. The number of benzene rings is 2. The van der Waals surface area contributed by atoms with Crippen molar-refractivity contribution in [2.75, 3.05) is 6.54 Å². The highest BCUT2D eigenvalue weighted by molar-refractivity contribution is 6.07. The highest BCUT2D eigenvalue weighted by Crippen LogP contribution is 2.25. The van der Waals surface area contributed by atoms with Crippen LogP contribution in [-0.2, 0) is 0 Å². The van der Waals surface area contributed by atoms with E-state index in [-0.39, 0.29) is 0 Å². The van der Waals surface area contributed by atoms with Crippen LogP contribution in [0.25, 0.3) is 21.8 Å². The highest BCUT2D eigenvalue weighted by Gasteiger charge is 2.02. The highest BCUT2D eigenvalue weighted by atomic mass is 14.7. The van der Waals surface area contributed by atoms with Gasteiger partial charge in [-0.05, 0) is 18.2 Å². The van der Waals surface area contributed by atoms with Gasteiger partial charge in [0.2, 0.25) is 0 Å². The van der Waals surface area contributed by atoms with Gasteiger partial charge in [-0.2, -0.15) is 0 Å². The van der Waals surface area contributed by atoms with Crippen LogP contribution in [-0.4, -0.2) is 11.5 Å². The lowest BCUT2D eigenvalue weighted by Gasteiger charge is -1.92. The summed E-state index contributed by atoms with van der Waals surface area (Å²) in [7, 11) is 0. The molecule has 2 nitrogen and oxygen atoms in total. The van der Waals surface area contributed by atoms with E-state index < -0.39 is 0 Å². The van der Waals surface area contributed by atoms with Gasteiger partial charge in [-0.15, -0.1) is 0 Å². The molecule has 3 aromatic rings. The Morgan fingerprint density at radius 3 is 2.71 bits per heavy atom. The minimum atomic E-state index is 0.394. The van der Waals surface area contributed by atoms with Crippen LogP contribution in [0.5, 0.6) is 0 Å². The molecule has 0 fully saturated rings. The number of hydrogen-bond acceptors (Lipinski definition) is 1. The summed E-state index contributed by atoms with van der Waals surface area (Å²) in [6.45, 7) is 0.394. The average molecular weight is 220 g/mol. The predicted molar refractivity (Wildman–Crippen MR) is 71.7 cm³/mol. The molecule has 82 valence electrons. The third-order valence-corrected chi connectivity index (χ3v) is 2.84. The van der Waals surface area contributed by atoms with Crippen LogP contribution in [0.2, 0.25) is 0 Å². The lowest BCUT2D eigenvalue weighted by Crippen LogP contribution is -1.92. The fraction of sp³-hybridized carbons (Fsp3) is 0.0667. The number of nitrogens with two attached hydrogens (primary N) is 1. The third kappa shape index (κ3) is 1.67. The second kappa shape index (κ2) is 3.97. The summed E-state index contributed by atoms with van der Waals surface area (Å²) in [5.41, 5.74) is 8.64. The topological polar surface area (TPSA) is 41.8 Å². The second-order valence-electron chi connectivity index (χ2n) is 3.94. The number of nitrogens with one attached hydrogen (secondary N) is 1. The first-order chi connectivity index (χ1) is 8.38. The van der Waals surface area contributed by atoms with Crippen LogP contribution >= 0.6 is 0 Å². The number of fused-ring (bicyclic) bond motifs is 3. The summed E-state index contributed by atoms with van der Waals surface area (Å²) in [5.74, 6) is 5.91. The summed E-state index contributed by atoms with van der Waals surface area (Å²) in [5, 5.41) is 2.49. The lowest BCUT2D eigenvalue weighted by atomic mass is 10.1. The Labute approximate surface area is 99.4 Å². The minimum absolute atomic E-state index is 0.394. The molecule has 0 amide bonds. The van der Waals surface area contributed by atoms with Gasteiger partial charge in [-0.25, -0.2) is 0 Å². The molecule has 1 aromatic heterocycles. The Kier molecular flexibility index (Phi) is 2.32. The largest absolute Gasteiger partial charge is 0.354 e. The molecule has 0 saturated carbocycles. The summed E-state index contributed by atoms with van der Waals surface area (Å²) >= 11 is 0. The van der Waals surface area contributed by atoms with E-state index in [9.17, 15) is 0 Å². The molecule has 0 aliphatic rings. The van der Waals surface area contributed by atoms with Crippen LogP contribution in [0.3, 0.4) is 0 Å². The van der Waals surface area contributed by atoms with Crippen LogP contribution in [0.4, 0.5) is 0 Å². The monoisotopic (exact) mass is 220 g/mol. The molecule has 0 radical (unpaired) electrons. The molecule has 0 atom stereocenters. The Bertz CT molecular complexity index is 742. The van der Waals surface area contributed by atoms with Gasteiger partial charge >= 0.3 is 0 Å². The third-order valence-electron chi connectivity index (χ3n) is 2.84. The van der Waals surface area contributed by atoms with Gasteiger partial charge in [0.1, 0.15) is 0 Å². The number of hydrogen-bond donors (Lipinski definition) is 2. The summed E-state index contributed by atoms with van der Waals surface area (Å²) in [4.78, 5) is 3.40.